The Balaban J connectivity index is 3.02. The van der Waals surface area contributed by atoms with E-state index >= 15 is 0 Å². The highest BCUT2D eigenvalue weighted by Crippen LogP contribution is 2.11. The van der Waals surface area contributed by atoms with Crippen LogP contribution in [0.1, 0.15) is 5.56 Å². The van der Waals surface area contributed by atoms with E-state index in [0.717, 1.165) is 6.26 Å². The van der Waals surface area contributed by atoms with Gasteiger partial charge < -0.3 is 4.74 Å². The van der Waals surface area contributed by atoms with Gasteiger partial charge in [-0.05, 0) is 24.1 Å². The first-order valence-corrected chi connectivity index (χ1v) is 5.77. The molecule has 0 radical (unpaired) electrons. The van der Waals surface area contributed by atoms with Crippen LogP contribution in [0.5, 0.6) is 5.75 Å². The van der Waals surface area contributed by atoms with Gasteiger partial charge in [-0.3, -0.25) is 0 Å². The molecule has 0 atom stereocenters. The van der Waals surface area contributed by atoms with Crippen LogP contribution in [0.15, 0.2) is 24.3 Å². The SMILES string of the molecule is COc1cccc(C#CS(C)(=O)=O)c1. The van der Waals surface area contributed by atoms with E-state index in [0.29, 0.717) is 11.3 Å². The minimum atomic E-state index is -3.24. The van der Waals surface area contributed by atoms with Gasteiger partial charge >= 0.3 is 0 Å². The molecule has 0 saturated carbocycles. The van der Waals surface area contributed by atoms with Crippen molar-refractivity contribution in [2.75, 3.05) is 13.4 Å². The molecule has 0 aliphatic rings. The van der Waals surface area contributed by atoms with Gasteiger partial charge in [-0.25, -0.2) is 8.42 Å². The predicted molar refractivity (Wildman–Crippen MR) is 54.7 cm³/mol. The third-order valence-corrected chi connectivity index (χ3v) is 1.92. The number of rotatable bonds is 1. The third-order valence-electron chi connectivity index (χ3n) is 1.45. The van der Waals surface area contributed by atoms with Gasteiger partial charge in [0, 0.05) is 10.8 Å². The van der Waals surface area contributed by atoms with Crippen LogP contribution in [0, 0.1) is 11.2 Å². The van der Waals surface area contributed by atoms with E-state index < -0.39 is 9.84 Å². The van der Waals surface area contributed by atoms with Crippen LogP contribution in [-0.4, -0.2) is 21.8 Å². The van der Waals surface area contributed by atoms with Crippen LogP contribution >= 0.6 is 0 Å². The molecule has 4 heteroatoms. The number of sulfone groups is 1. The van der Waals surface area contributed by atoms with E-state index in [1.807, 2.05) is 0 Å². The van der Waals surface area contributed by atoms with Crippen molar-refractivity contribution in [1.29, 1.82) is 0 Å². The molecule has 0 amide bonds. The van der Waals surface area contributed by atoms with E-state index in [1.165, 1.54) is 0 Å². The summed E-state index contributed by atoms with van der Waals surface area (Å²) in [6.45, 7) is 0. The molecule has 0 N–H and O–H groups in total. The Kier molecular flexibility index (Phi) is 3.15. The van der Waals surface area contributed by atoms with Crippen molar-refractivity contribution in [1.82, 2.24) is 0 Å². The average Bonchev–Trinajstić information content (AvgIpc) is 2.14. The fraction of sp³-hybridized carbons (Fsp3) is 0.200. The lowest BCUT2D eigenvalue weighted by molar-refractivity contribution is 0.414. The summed E-state index contributed by atoms with van der Waals surface area (Å²) >= 11 is 0. The largest absolute Gasteiger partial charge is 0.497 e. The van der Waals surface area contributed by atoms with Crippen LogP contribution in [0.4, 0.5) is 0 Å². The fourth-order valence-electron chi connectivity index (χ4n) is 0.852. The van der Waals surface area contributed by atoms with Gasteiger partial charge in [-0.15, -0.1) is 0 Å². The van der Waals surface area contributed by atoms with E-state index in [2.05, 4.69) is 11.2 Å². The van der Waals surface area contributed by atoms with Crippen molar-refractivity contribution in [2.24, 2.45) is 0 Å². The maximum absolute atomic E-state index is 10.8. The van der Waals surface area contributed by atoms with Crippen LogP contribution in [-0.2, 0) is 9.84 Å². The summed E-state index contributed by atoms with van der Waals surface area (Å²) < 4.78 is 26.5. The second-order valence-electron chi connectivity index (χ2n) is 2.73. The maximum atomic E-state index is 10.8. The molecule has 3 nitrogen and oxygen atoms in total. The second-order valence-corrected chi connectivity index (χ2v) is 4.48. The molecule has 14 heavy (non-hydrogen) atoms. The molecule has 0 unspecified atom stereocenters. The number of hydrogen-bond acceptors (Lipinski definition) is 3. The molecule has 0 bridgehead atoms. The summed E-state index contributed by atoms with van der Waals surface area (Å²) in [6, 6.07) is 6.93. The molecule has 74 valence electrons. The van der Waals surface area contributed by atoms with Gasteiger partial charge in [-0.1, -0.05) is 6.07 Å². The first-order chi connectivity index (χ1) is 6.51. The monoisotopic (exact) mass is 210 g/mol. The Morgan fingerprint density at radius 1 is 1.36 bits per heavy atom. The smallest absolute Gasteiger partial charge is 0.214 e. The first-order valence-electron chi connectivity index (χ1n) is 3.88. The Morgan fingerprint density at radius 2 is 2.07 bits per heavy atom. The third kappa shape index (κ3) is 3.50. The van der Waals surface area contributed by atoms with Crippen LogP contribution in [0.25, 0.3) is 0 Å². The summed E-state index contributed by atoms with van der Waals surface area (Å²) in [4.78, 5) is 0. The zero-order chi connectivity index (χ0) is 10.6. The molecule has 0 fully saturated rings. The lowest BCUT2D eigenvalue weighted by Crippen LogP contribution is -1.89. The molecule has 0 aromatic heterocycles. The van der Waals surface area contributed by atoms with Gasteiger partial charge in [0.2, 0.25) is 9.84 Å². The Morgan fingerprint density at radius 3 is 2.64 bits per heavy atom. The van der Waals surface area contributed by atoms with E-state index in [4.69, 9.17) is 4.74 Å². The molecule has 0 aliphatic heterocycles. The standard InChI is InChI=1S/C10H10O3S/c1-13-10-5-3-4-9(8-10)6-7-14(2,11)12/h3-5,8H,1-2H3. The van der Waals surface area contributed by atoms with Crippen molar-refractivity contribution in [3.05, 3.63) is 29.8 Å². The zero-order valence-electron chi connectivity index (χ0n) is 7.94. The number of benzene rings is 1. The van der Waals surface area contributed by atoms with Crippen molar-refractivity contribution >= 4 is 9.84 Å². The minimum absolute atomic E-state index is 0.620. The van der Waals surface area contributed by atoms with Crippen molar-refractivity contribution < 1.29 is 13.2 Å². The Labute approximate surface area is 83.6 Å². The maximum Gasteiger partial charge on any atom is 0.214 e. The number of methoxy groups -OCH3 is 1. The van der Waals surface area contributed by atoms with Crippen LogP contribution < -0.4 is 4.74 Å². The summed E-state index contributed by atoms with van der Waals surface area (Å²) in [6.07, 6.45) is 1.07. The first kappa shape index (κ1) is 10.6. The summed E-state index contributed by atoms with van der Waals surface area (Å²) in [7, 11) is -1.70. The summed E-state index contributed by atoms with van der Waals surface area (Å²) in [5.74, 6) is 3.20. The van der Waals surface area contributed by atoms with Gasteiger partial charge in [0.15, 0.2) is 0 Å². The molecule has 1 rings (SSSR count). The van der Waals surface area contributed by atoms with Gasteiger partial charge in [0.25, 0.3) is 0 Å². The molecule has 1 aromatic rings. The Hall–Kier alpha value is -1.47. The molecule has 0 saturated heterocycles. The van der Waals surface area contributed by atoms with Crippen molar-refractivity contribution in [3.8, 4) is 16.9 Å². The van der Waals surface area contributed by atoms with Gasteiger partial charge in [-0.2, -0.15) is 0 Å². The van der Waals surface area contributed by atoms with Gasteiger partial charge in [0.05, 0.1) is 13.4 Å². The van der Waals surface area contributed by atoms with Crippen LogP contribution in [0.2, 0.25) is 0 Å². The van der Waals surface area contributed by atoms with E-state index in [1.54, 1.807) is 31.4 Å². The Bertz CT molecular complexity index is 478. The van der Waals surface area contributed by atoms with E-state index in [-0.39, 0.29) is 0 Å². The lowest BCUT2D eigenvalue weighted by Gasteiger charge is -1.97. The molecule has 1 aromatic carbocycles. The van der Waals surface area contributed by atoms with Crippen LogP contribution in [0.3, 0.4) is 0 Å². The lowest BCUT2D eigenvalue weighted by atomic mass is 10.2. The second kappa shape index (κ2) is 4.16. The average molecular weight is 210 g/mol. The predicted octanol–water partition coefficient (Wildman–Crippen LogP) is 1.05. The molecular weight excluding hydrogens is 200 g/mol. The van der Waals surface area contributed by atoms with Crippen molar-refractivity contribution in [3.63, 3.8) is 0 Å². The summed E-state index contributed by atoms with van der Waals surface area (Å²) in [5.41, 5.74) is 0.620. The molecule has 0 aliphatic carbocycles. The normalized spacial score (nSPS) is 10.1. The topological polar surface area (TPSA) is 43.4 Å². The van der Waals surface area contributed by atoms with E-state index in [9.17, 15) is 8.42 Å². The fourth-order valence-corrected chi connectivity index (χ4v) is 1.16. The summed E-state index contributed by atoms with van der Waals surface area (Å²) in [5, 5.41) is 2.16. The number of hydrogen-bond donors (Lipinski definition) is 0. The molecular formula is C10H10O3S. The molecule has 0 spiro atoms. The highest BCUT2D eigenvalue weighted by Gasteiger charge is 1.94. The van der Waals surface area contributed by atoms with Crippen molar-refractivity contribution in [2.45, 2.75) is 0 Å². The van der Waals surface area contributed by atoms with Gasteiger partial charge in [0.1, 0.15) is 5.75 Å². The highest BCUT2D eigenvalue weighted by atomic mass is 32.2. The molecule has 0 heterocycles. The quantitative estimate of drug-likeness (QED) is 0.651. The minimum Gasteiger partial charge on any atom is -0.497 e. The number of ether oxygens (including phenoxy) is 1. The highest BCUT2D eigenvalue weighted by molar-refractivity contribution is 7.95. The zero-order valence-corrected chi connectivity index (χ0v) is 8.76.